The summed E-state index contributed by atoms with van der Waals surface area (Å²) in [4.78, 5) is 12.8. The van der Waals surface area contributed by atoms with Crippen molar-refractivity contribution in [2.75, 3.05) is 5.73 Å². The van der Waals surface area contributed by atoms with Crippen LogP contribution in [0.1, 0.15) is 5.01 Å². The van der Waals surface area contributed by atoms with E-state index in [0.29, 0.717) is 22.4 Å². The second-order valence-electron chi connectivity index (χ2n) is 3.85. The number of nitrogens with zero attached hydrogens (tertiary/aromatic N) is 3. The third kappa shape index (κ3) is 1.80. The predicted molar refractivity (Wildman–Crippen MR) is 69.8 cm³/mol. The smallest absolute Gasteiger partial charge is 0.181 e. The molecule has 1 aromatic carbocycles. The molecule has 0 spiro atoms. The summed E-state index contributed by atoms with van der Waals surface area (Å²) in [6, 6.07) is 4.27. The Kier molecular flexibility index (Phi) is 2.45. The van der Waals surface area contributed by atoms with Gasteiger partial charge in [-0.05, 0) is 25.1 Å². The summed E-state index contributed by atoms with van der Waals surface area (Å²) in [5, 5.41) is 3.33. The van der Waals surface area contributed by atoms with Gasteiger partial charge in [0.1, 0.15) is 17.3 Å². The molecule has 6 heteroatoms. The molecule has 0 unspecified atom stereocenters. The summed E-state index contributed by atoms with van der Waals surface area (Å²) >= 11 is 1.52. The second kappa shape index (κ2) is 3.99. The lowest BCUT2D eigenvalue weighted by atomic mass is 10.2. The normalized spacial score (nSPS) is 11.0. The maximum absolute atomic E-state index is 13.1. The van der Waals surface area contributed by atoms with Gasteiger partial charge in [0.15, 0.2) is 5.82 Å². The van der Waals surface area contributed by atoms with Crippen LogP contribution in [0.25, 0.3) is 22.4 Å². The number of aryl methyl sites for hydroxylation is 1. The van der Waals surface area contributed by atoms with Crippen LogP contribution in [0.2, 0.25) is 0 Å². The summed E-state index contributed by atoms with van der Waals surface area (Å²) in [6.07, 6.45) is 0. The molecule has 2 N–H and O–H groups in total. The van der Waals surface area contributed by atoms with Crippen molar-refractivity contribution in [1.29, 1.82) is 0 Å². The predicted octanol–water partition coefficient (Wildman–Crippen LogP) is 2.78. The maximum atomic E-state index is 13.1. The fourth-order valence-corrected chi connectivity index (χ4v) is 2.30. The Morgan fingerprint density at radius 2 is 2.06 bits per heavy atom. The molecule has 0 fully saturated rings. The molecule has 0 saturated heterocycles. The Morgan fingerprint density at radius 3 is 2.78 bits per heavy atom. The first-order chi connectivity index (χ1) is 8.63. The number of thiazole rings is 1. The number of fused-ring (bicyclic) bond motifs is 1. The number of hydrogen-bond acceptors (Lipinski definition) is 5. The number of hydrogen-bond donors (Lipinski definition) is 1. The Bertz CT molecular complexity index is 738. The fourth-order valence-electron chi connectivity index (χ4n) is 1.71. The zero-order chi connectivity index (χ0) is 12.7. The number of aromatic nitrogens is 3. The quantitative estimate of drug-likeness (QED) is 0.730. The molecule has 0 aliphatic carbocycles. The Labute approximate surface area is 106 Å². The average molecular weight is 260 g/mol. The maximum Gasteiger partial charge on any atom is 0.181 e. The van der Waals surface area contributed by atoms with Crippen LogP contribution < -0.4 is 5.73 Å². The van der Waals surface area contributed by atoms with E-state index in [2.05, 4.69) is 15.0 Å². The fraction of sp³-hybridized carbons (Fsp3) is 0.0833. The topological polar surface area (TPSA) is 64.7 Å². The molecule has 4 nitrogen and oxygen atoms in total. The highest BCUT2D eigenvalue weighted by Gasteiger charge is 2.10. The minimum Gasteiger partial charge on any atom is -0.383 e. The van der Waals surface area contributed by atoms with Gasteiger partial charge in [-0.15, -0.1) is 11.3 Å². The van der Waals surface area contributed by atoms with Crippen molar-refractivity contribution in [1.82, 2.24) is 15.0 Å². The van der Waals surface area contributed by atoms with Gasteiger partial charge in [-0.2, -0.15) is 0 Å². The van der Waals surface area contributed by atoms with Crippen LogP contribution in [-0.4, -0.2) is 15.0 Å². The van der Waals surface area contributed by atoms with Gasteiger partial charge in [-0.1, -0.05) is 0 Å². The van der Waals surface area contributed by atoms with E-state index in [0.717, 1.165) is 5.01 Å². The molecule has 0 aliphatic heterocycles. The summed E-state index contributed by atoms with van der Waals surface area (Å²) in [5.41, 5.74) is 7.13. The molecule has 0 amide bonds. The van der Waals surface area contributed by atoms with Gasteiger partial charge < -0.3 is 5.73 Å². The van der Waals surface area contributed by atoms with Gasteiger partial charge in [0.2, 0.25) is 0 Å². The van der Waals surface area contributed by atoms with Crippen molar-refractivity contribution in [3.8, 4) is 11.5 Å². The third-order valence-electron chi connectivity index (χ3n) is 2.54. The van der Waals surface area contributed by atoms with Crippen LogP contribution in [0.5, 0.6) is 0 Å². The zero-order valence-electron chi connectivity index (χ0n) is 9.51. The van der Waals surface area contributed by atoms with E-state index in [1.165, 1.54) is 23.5 Å². The number of nitrogens with two attached hydrogens (primary N) is 1. The van der Waals surface area contributed by atoms with E-state index in [4.69, 9.17) is 5.73 Å². The van der Waals surface area contributed by atoms with Crippen molar-refractivity contribution >= 4 is 28.1 Å². The van der Waals surface area contributed by atoms with E-state index < -0.39 is 0 Å². The first kappa shape index (κ1) is 11.0. The molecule has 0 radical (unpaired) electrons. The number of anilines is 1. The Morgan fingerprint density at radius 1 is 1.22 bits per heavy atom. The van der Waals surface area contributed by atoms with Gasteiger partial charge in [-0.25, -0.2) is 19.3 Å². The number of benzene rings is 1. The van der Waals surface area contributed by atoms with Crippen LogP contribution >= 0.6 is 11.3 Å². The zero-order valence-corrected chi connectivity index (χ0v) is 10.3. The van der Waals surface area contributed by atoms with E-state index in [1.54, 1.807) is 6.07 Å². The monoisotopic (exact) mass is 260 g/mol. The lowest BCUT2D eigenvalue weighted by Crippen LogP contribution is -1.98. The molecule has 2 aromatic heterocycles. The van der Waals surface area contributed by atoms with Gasteiger partial charge >= 0.3 is 0 Å². The van der Waals surface area contributed by atoms with Crippen LogP contribution in [0.15, 0.2) is 23.6 Å². The molecule has 0 bridgehead atoms. The molecule has 18 heavy (non-hydrogen) atoms. The van der Waals surface area contributed by atoms with Gasteiger partial charge in [-0.3, -0.25) is 0 Å². The van der Waals surface area contributed by atoms with Crippen LogP contribution in [0, 0.1) is 12.7 Å². The molecular weight excluding hydrogens is 251 g/mol. The van der Waals surface area contributed by atoms with Crippen LogP contribution in [0.3, 0.4) is 0 Å². The SMILES string of the molecule is Cc1nc(-c2nc(N)c3cc(F)ccc3n2)cs1. The summed E-state index contributed by atoms with van der Waals surface area (Å²) in [5.74, 6) is 0.381. The highest BCUT2D eigenvalue weighted by Crippen LogP contribution is 2.24. The van der Waals surface area contributed by atoms with Crippen LogP contribution in [-0.2, 0) is 0 Å². The van der Waals surface area contributed by atoms with Gasteiger partial charge in [0, 0.05) is 10.8 Å². The second-order valence-corrected chi connectivity index (χ2v) is 4.91. The third-order valence-corrected chi connectivity index (χ3v) is 3.31. The molecule has 0 atom stereocenters. The Hall–Kier alpha value is -2.08. The average Bonchev–Trinajstić information content (AvgIpc) is 2.77. The number of nitrogen functional groups attached to an aromatic ring is 1. The minimum absolute atomic E-state index is 0.264. The molecule has 0 saturated carbocycles. The lowest BCUT2D eigenvalue weighted by molar-refractivity contribution is 0.629. The molecule has 3 rings (SSSR count). The molecular formula is C12H9FN4S. The molecule has 0 aliphatic rings. The van der Waals surface area contributed by atoms with Crippen molar-refractivity contribution in [3.05, 3.63) is 34.4 Å². The van der Waals surface area contributed by atoms with E-state index >= 15 is 0 Å². The first-order valence-electron chi connectivity index (χ1n) is 5.29. The highest BCUT2D eigenvalue weighted by atomic mass is 32.1. The Balaban J connectivity index is 2.24. The van der Waals surface area contributed by atoms with E-state index in [-0.39, 0.29) is 11.6 Å². The number of halogens is 1. The highest BCUT2D eigenvalue weighted by molar-refractivity contribution is 7.09. The van der Waals surface area contributed by atoms with E-state index in [1.807, 2.05) is 12.3 Å². The lowest BCUT2D eigenvalue weighted by Gasteiger charge is -2.03. The standard InChI is InChI=1S/C12H9FN4S/c1-6-15-10(5-18-6)12-16-9-3-2-7(13)4-8(9)11(14)17-12/h2-5H,1H3,(H2,14,16,17). The number of rotatable bonds is 1. The summed E-state index contributed by atoms with van der Waals surface area (Å²) < 4.78 is 13.1. The van der Waals surface area contributed by atoms with E-state index in [9.17, 15) is 4.39 Å². The van der Waals surface area contributed by atoms with Crippen LogP contribution in [0.4, 0.5) is 10.2 Å². The summed E-state index contributed by atoms with van der Waals surface area (Å²) in [6.45, 7) is 1.91. The van der Waals surface area contributed by atoms with Gasteiger partial charge in [0.25, 0.3) is 0 Å². The van der Waals surface area contributed by atoms with Crippen molar-refractivity contribution in [2.45, 2.75) is 6.92 Å². The summed E-state index contributed by atoms with van der Waals surface area (Å²) in [7, 11) is 0. The first-order valence-corrected chi connectivity index (χ1v) is 6.17. The molecule has 3 aromatic rings. The molecule has 2 heterocycles. The van der Waals surface area contributed by atoms with Crippen molar-refractivity contribution < 1.29 is 4.39 Å². The molecule has 90 valence electrons. The minimum atomic E-state index is -0.352. The van der Waals surface area contributed by atoms with Gasteiger partial charge in [0.05, 0.1) is 10.5 Å². The largest absolute Gasteiger partial charge is 0.383 e. The van der Waals surface area contributed by atoms with Crippen molar-refractivity contribution in [3.63, 3.8) is 0 Å². The van der Waals surface area contributed by atoms with Crippen molar-refractivity contribution in [2.24, 2.45) is 0 Å².